The van der Waals surface area contributed by atoms with Crippen LogP contribution in [0.5, 0.6) is 0 Å². The van der Waals surface area contributed by atoms with Gasteiger partial charge in [0.15, 0.2) is 0 Å². The number of aliphatic hydroxyl groups excluding tert-OH is 1. The highest BCUT2D eigenvalue weighted by molar-refractivity contribution is 5.13. The van der Waals surface area contributed by atoms with E-state index >= 15 is 0 Å². The fraction of sp³-hybridized carbons (Fsp3) is 0.538. The summed E-state index contributed by atoms with van der Waals surface area (Å²) < 4.78 is 5.68. The molecule has 15 heavy (non-hydrogen) atoms. The summed E-state index contributed by atoms with van der Waals surface area (Å²) in [7, 11) is 0. The summed E-state index contributed by atoms with van der Waals surface area (Å²) in [5, 5.41) is 9.67. The monoisotopic (exact) mass is 208 g/mol. The molecule has 2 heteroatoms. The lowest BCUT2D eigenvalue weighted by Crippen LogP contribution is -2.27. The van der Waals surface area contributed by atoms with Gasteiger partial charge in [0, 0.05) is 0 Å². The highest BCUT2D eigenvalue weighted by Crippen LogP contribution is 2.11. The molecule has 0 saturated carbocycles. The Kier molecular flexibility index (Phi) is 5.37. The molecule has 0 aliphatic rings. The first-order chi connectivity index (χ1) is 7.27. The fourth-order valence-electron chi connectivity index (χ4n) is 1.54. The predicted octanol–water partition coefficient (Wildman–Crippen LogP) is 2.75. The molecule has 84 valence electrons. The molecule has 2 nitrogen and oxygen atoms in total. The lowest BCUT2D eigenvalue weighted by molar-refractivity contribution is -0.0482. The Labute approximate surface area is 91.9 Å². The molecule has 0 radical (unpaired) electrons. The predicted molar refractivity (Wildman–Crippen MR) is 61.6 cm³/mol. The standard InChI is InChI=1S/C13H20O2/c1-3-12(14)13(4-2)15-10-11-8-6-5-7-9-11/h5-9,12-14H,3-4,10H2,1-2H3/t12-,13+/m1/s1. The molecule has 0 amide bonds. The Morgan fingerprint density at radius 2 is 1.80 bits per heavy atom. The van der Waals surface area contributed by atoms with Crippen LogP contribution in [0.15, 0.2) is 30.3 Å². The molecule has 0 fully saturated rings. The van der Waals surface area contributed by atoms with Crippen LogP contribution in [0.2, 0.25) is 0 Å². The second kappa shape index (κ2) is 6.59. The van der Waals surface area contributed by atoms with Gasteiger partial charge in [0.05, 0.1) is 18.8 Å². The Morgan fingerprint density at radius 3 is 2.33 bits per heavy atom. The number of aliphatic hydroxyl groups is 1. The topological polar surface area (TPSA) is 29.5 Å². The lowest BCUT2D eigenvalue weighted by Gasteiger charge is -2.20. The number of rotatable bonds is 6. The number of benzene rings is 1. The molecular weight excluding hydrogens is 188 g/mol. The van der Waals surface area contributed by atoms with E-state index in [0.29, 0.717) is 6.61 Å². The van der Waals surface area contributed by atoms with Gasteiger partial charge in [0.1, 0.15) is 0 Å². The van der Waals surface area contributed by atoms with Gasteiger partial charge in [0.2, 0.25) is 0 Å². The van der Waals surface area contributed by atoms with Crippen molar-refractivity contribution in [3.63, 3.8) is 0 Å². The molecule has 0 aliphatic heterocycles. The zero-order valence-electron chi connectivity index (χ0n) is 9.52. The van der Waals surface area contributed by atoms with E-state index in [0.717, 1.165) is 18.4 Å². The molecule has 0 aliphatic carbocycles. The maximum atomic E-state index is 9.67. The van der Waals surface area contributed by atoms with Crippen LogP contribution >= 0.6 is 0 Å². The van der Waals surface area contributed by atoms with Crippen LogP contribution in [-0.2, 0) is 11.3 Å². The van der Waals surface area contributed by atoms with Gasteiger partial charge in [-0.3, -0.25) is 0 Å². The van der Waals surface area contributed by atoms with Crippen molar-refractivity contribution in [1.29, 1.82) is 0 Å². The van der Waals surface area contributed by atoms with E-state index in [9.17, 15) is 5.11 Å². The maximum Gasteiger partial charge on any atom is 0.0835 e. The third-order valence-electron chi connectivity index (χ3n) is 2.56. The van der Waals surface area contributed by atoms with Crippen LogP contribution in [-0.4, -0.2) is 17.3 Å². The third-order valence-corrected chi connectivity index (χ3v) is 2.56. The smallest absolute Gasteiger partial charge is 0.0835 e. The maximum absolute atomic E-state index is 9.67. The van der Waals surface area contributed by atoms with Gasteiger partial charge in [0.25, 0.3) is 0 Å². The van der Waals surface area contributed by atoms with E-state index in [1.165, 1.54) is 0 Å². The fourth-order valence-corrected chi connectivity index (χ4v) is 1.54. The Balaban J connectivity index is 2.41. The van der Waals surface area contributed by atoms with Gasteiger partial charge in [-0.25, -0.2) is 0 Å². The summed E-state index contributed by atoms with van der Waals surface area (Å²) in [5.74, 6) is 0. The van der Waals surface area contributed by atoms with E-state index in [2.05, 4.69) is 0 Å². The van der Waals surface area contributed by atoms with Crippen molar-refractivity contribution in [2.45, 2.75) is 45.5 Å². The number of hydrogen-bond acceptors (Lipinski definition) is 2. The van der Waals surface area contributed by atoms with Crippen molar-refractivity contribution in [2.24, 2.45) is 0 Å². The summed E-state index contributed by atoms with van der Waals surface area (Å²) in [4.78, 5) is 0. The molecule has 1 aromatic carbocycles. The summed E-state index contributed by atoms with van der Waals surface area (Å²) >= 11 is 0. The van der Waals surface area contributed by atoms with E-state index in [1.807, 2.05) is 44.2 Å². The van der Waals surface area contributed by atoms with Crippen molar-refractivity contribution in [3.05, 3.63) is 35.9 Å². The average Bonchev–Trinajstić information content (AvgIpc) is 2.31. The minimum absolute atomic E-state index is 0.0461. The highest BCUT2D eigenvalue weighted by Gasteiger charge is 2.15. The summed E-state index contributed by atoms with van der Waals surface area (Å²) in [6.45, 7) is 4.59. The van der Waals surface area contributed by atoms with Crippen LogP contribution in [0.3, 0.4) is 0 Å². The lowest BCUT2D eigenvalue weighted by atomic mass is 10.1. The van der Waals surface area contributed by atoms with E-state index in [4.69, 9.17) is 4.74 Å². The molecule has 0 heterocycles. The quantitative estimate of drug-likeness (QED) is 0.779. The van der Waals surface area contributed by atoms with Crippen molar-refractivity contribution in [2.75, 3.05) is 0 Å². The molecule has 1 rings (SSSR count). The van der Waals surface area contributed by atoms with Crippen LogP contribution in [0.25, 0.3) is 0 Å². The number of hydrogen-bond donors (Lipinski definition) is 1. The minimum atomic E-state index is -0.348. The Bertz CT molecular complexity index is 258. The van der Waals surface area contributed by atoms with E-state index in [1.54, 1.807) is 0 Å². The second-order valence-electron chi connectivity index (χ2n) is 3.72. The molecular formula is C13H20O2. The zero-order valence-corrected chi connectivity index (χ0v) is 9.52. The molecule has 0 spiro atoms. The van der Waals surface area contributed by atoms with Gasteiger partial charge in [-0.05, 0) is 18.4 Å². The largest absolute Gasteiger partial charge is 0.390 e. The molecule has 0 unspecified atom stereocenters. The summed E-state index contributed by atoms with van der Waals surface area (Å²) in [5.41, 5.74) is 1.15. The molecule has 0 saturated heterocycles. The van der Waals surface area contributed by atoms with E-state index in [-0.39, 0.29) is 12.2 Å². The van der Waals surface area contributed by atoms with Crippen LogP contribution in [0, 0.1) is 0 Å². The van der Waals surface area contributed by atoms with Crippen molar-refractivity contribution in [3.8, 4) is 0 Å². The molecule has 1 N–H and O–H groups in total. The molecule has 1 aromatic rings. The zero-order chi connectivity index (χ0) is 11.1. The summed E-state index contributed by atoms with van der Waals surface area (Å²) in [6, 6.07) is 10.0. The van der Waals surface area contributed by atoms with Crippen LogP contribution in [0.4, 0.5) is 0 Å². The highest BCUT2D eigenvalue weighted by atomic mass is 16.5. The van der Waals surface area contributed by atoms with Crippen molar-refractivity contribution in [1.82, 2.24) is 0 Å². The average molecular weight is 208 g/mol. The van der Waals surface area contributed by atoms with Gasteiger partial charge in [-0.2, -0.15) is 0 Å². The Hall–Kier alpha value is -0.860. The third kappa shape index (κ3) is 4.02. The van der Waals surface area contributed by atoms with Crippen molar-refractivity contribution < 1.29 is 9.84 Å². The molecule has 2 atom stereocenters. The van der Waals surface area contributed by atoms with Crippen LogP contribution in [0.1, 0.15) is 32.3 Å². The first-order valence-corrected chi connectivity index (χ1v) is 5.61. The molecule has 0 bridgehead atoms. The normalized spacial score (nSPS) is 14.9. The summed E-state index contributed by atoms with van der Waals surface area (Å²) in [6.07, 6.45) is 1.20. The van der Waals surface area contributed by atoms with Gasteiger partial charge in [-0.15, -0.1) is 0 Å². The second-order valence-corrected chi connectivity index (χ2v) is 3.72. The number of ether oxygens (including phenoxy) is 1. The minimum Gasteiger partial charge on any atom is -0.390 e. The van der Waals surface area contributed by atoms with Gasteiger partial charge < -0.3 is 9.84 Å². The SMILES string of the molecule is CC[C@@H](O)[C@H](CC)OCc1ccccc1. The van der Waals surface area contributed by atoms with E-state index < -0.39 is 0 Å². The van der Waals surface area contributed by atoms with Crippen molar-refractivity contribution >= 4 is 0 Å². The first kappa shape index (κ1) is 12.2. The van der Waals surface area contributed by atoms with Gasteiger partial charge in [-0.1, -0.05) is 44.2 Å². The van der Waals surface area contributed by atoms with Gasteiger partial charge >= 0.3 is 0 Å². The first-order valence-electron chi connectivity index (χ1n) is 5.61. The van der Waals surface area contributed by atoms with Crippen LogP contribution < -0.4 is 0 Å². The molecule has 0 aromatic heterocycles. The Morgan fingerprint density at radius 1 is 1.13 bits per heavy atom.